The summed E-state index contributed by atoms with van der Waals surface area (Å²) in [5.74, 6) is -0.266. The summed E-state index contributed by atoms with van der Waals surface area (Å²) < 4.78 is 52.2. The molecule has 0 spiro atoms. The van der Waals surface area contributed by atoms with Gasteiger partial charge in [0.15, 0.2) is 0 Å². The minimum absolute atomic E-state index is 0.0966. The number of benzene rings is 3. The van der Waals surface area contributed by atoms with Gasteiger partial charge in [-0.2, -0.15) is 5.10 Å². The number of aromatic amines is 1. The van der Waals surface area contributed by atoms with E-state index in [1.807, 2.05) is 0 Å². The van der Waals surface area contributed by atoms with Crippen molar-refractivity contribution in [2.75, 3.05) is 24.3 Å². The van der Waals surface area contributed by atoms with Crippen molar-refractivity contribution in [2.24, 2.45) is 0 Å². The topological polar surface area (TPSA) is 122 Å². The Morgan fingerprint density at radius 3 is 2.29 bits per heavy atom. The van der Waals surface area contributed by atoms with Crippen LogP contribution < -0.4 is 19.5 Å². The second-order valence-corrected chi connectivity index (χ2v) is 8.97. The predicted octanol–water partition coefficient (Wildman–Crippen LogP) is 4.29. The van der Waals surface area contributed by atoms with E-state index in [0.29, 0.717) is 22.7 Å². The first-order valence-corrected chi connectivity index (χ1v) is 11.7. The van der Waals surface area contributed by atoms with Crippen LogP contribution in [-0.2, 0) is 10.0 Å². The minimum atomic E-state index is -4.06. The van der Waals surface area contributed by atoms with Gasteiger partial charge >= 0.3 is 0 Å². The van der Waals surface area contributed by atoms with Crippen molar-refractivity contribution in [1.82, 2.24) is 10.2 Å². The summed E-state index contributed by atoms with van der Waals surface area (Å²) in [6.45, 7) is 0. The van der Waals surface area contributed by atoms with Gasteiger partial charge in [0.25, 0.3) is 15.9 Å². The summed E-state index contributed by atoms with van der Waals surface area (Å²) in [6, 6.07) is 16.2. The van der Waals surface area contributed by atoms with Gasteiger partial charge in [-0.1, -0.05) is 0 Å². The number of rotatable bonds is 8. The molecule has 0 unspecified atom stereocenters. The van der Waals surface area contributed by atoms with E-state index in [4.69, 9.17) is 9.47 Å². The second kappa shape index (κ2) is 9.85. The maximum atomic E-state index is 13.3. The molecular weight excluding hydrogens is 475 g/mol. The number of hydrogen-bond acceptors (Lipinski definition) is 6. The van der Waals surface area contributed by atoms with Crippen LogP contribution in [0.25, 0.3) is 11.3 Å². The highest BCUT2D eigenvalue weighted by molar-refractivity contribution is 7.92. The van der Waals surface area contributed by atoms with E-state index in [9.17, 15) is 17.6 Å². The van der Waals surface area contributed by atoms with Crippen LogP contribution in [0.2, 0.25) is 0 Å². The Morgan fingerprint density at radius 1 is 0.943 bits per heavy atom. The Kier molecular flexibility index (Phi) is 6.69. The fraction of sp³-hybridized carbons (Fsp3) is 0.0833. The third-order valence-corrected chi connectivity index (χ3v) is 6.47. The number of methoxy groups -OCH3 is 2. The Morgan fingerprint density at radius 2 is 1.63 bits per heavy atom. The average molecular weight is 497 g/mol. The van der Waals surface area contributed by atoms with Crippen molar-refractivity contribution in [3.05, 3.63) is 84.3 Å². The van der Waals surface area contributed by atoms with Gasteiger partial charge in [-0.15, -0.1) is 0 Å². The molecule has 0 saturated heterocycles. The van der Waals surface area contributed by atoms with Crippen LogP contribution in [0.15, 0.2) is 77.8 Å². The molecule has 4 rings (SSSR count). The molecule has 0 atom stereocenters. The number of halogens is 1. The van der Waals surface area contributed by atoms with Gasteiger partial charge in [0.1, 0.15) is 22.2 Å². The molecule has 0 radical (unpaired) electrons. The van der Waals surface area contributed by atoms with Crippen LogP contribution in [-0.4, -0.2) is 38.7 Å². The number of anilines is 2. The van der Waals surface area contributed by atoms with Gasteiger partial charge in [0, 0.05) is 16.9 Å². The van der Waals surface area contributed by atoms with Gasteiger partial charge in [-0.05, 0) is 66.7 Å². The number of nitrogens with one attached hydrogen (secondary N) is 3. The van der Waals surface area contributed by atoms with Crippen LogP contribution in [0.3, 0.4) is 0 Å². The first kappa shape index (κ1) is 23.8. The number of sulfonamides is 1. The fourth-order valence-electron chi connectivity index (χ4n) is 3.33. The molecule has 1 amide bonds. The van der Waals surface area contributed by atoms with Crippen LogP contribution in [0, 0.1) is 5.82 Å². The Hall–Kier alpha value is -4.38. The van der Waals surface area contributed by atoms with Crippen molar-refractivity contribution >= 4 is 27.3 Å². The molecule has 3 aromatic carbocycles. The molecule has 0 saturated carbocycles. The van der Waals surface area contributed by atoms with Crippen LogP contribution >= 0.6 is 0 Å². The van der Waals surface area contributed by atoms with Crippen LogP contribution in [0.5, 0.6) is 11.5 Å². The van der Waals surface area contributed by atoms with Gasteiger partial charge in [0.2, 0.25) is 0 Å². The monoisotopic (exact) mass is 496 g/mol. The number of carbonyl (C=O) groups excluding carboxylic acids is 1. The van der Waals surface area contributed by atoms with Crippen LogP contribution in [0.1, 0.15) is 10.4 Å². The molecule has 1 heterocycles. The molecule has 1 aromatic heterocycles. The quantitative estimate of drug-likeness (QED) is 0.335. The lowest BCUT2D eigenvalue weighted by Gasteiger charge is -2.14. The maximum Gasteiger partial charge on any atom is 0.265 e. The van der Waals surface area contributed by atoms with E-state index in [0.717, 1.165) is 0 Å². The Balaban J connectivity index is 1.60. The number of amides is 1. The molecule has 180 valence electrons. The third-order valence-electron chi connectivity index (χ3n) is 5.07. The summed E-state index contributed by atoms with van der Waals surface area (Å²) in [6.07, 6.45) is 1.33. The Labute approximate surface area is 201 Å². The largest absolute Gasteiger partial charge is 0.497 e. The van der Waals surface area contributed by atoms with Crippen molar-refractivity contribution in [3.63, 3.8) is 0 Å². The zero-order valence-corrected chi connectivity index (χ0v) is 19.5. The van der Waals surface area contributed by atoms with Gasteiger partial charge in [0.05, 0.1) is 31.7 Å². The standard InChI is InChI=1S/C24H21FN4O5S/c1-33-19-10-7-17(8-11-19)29-35(31,32)22-13-18(9-12-21(22)34-2)27-24(30)20-14-26-28-23(20)15-3-5-16(25)6-4-15/h3-14,29H,1-2H3,(H,26,28)(H,27,30). The first-order valence-electron chi connectivity index (χ1n) is 10.3. The fourth-order valence-corrected chi connectivity index (χ4v) is 4.58. The summed E-state index contributed by atoms with van der Waals surface area (Å²) in [4.78, 5) is 12.8. The SMILES string of the molecule is COc1ccc(NS(=O)(=O)c2cc(NC(=O)c3cn[nH]c3-c3ccc(F)cc3)ccc2OC)cc1. The molecule has 3 N–H and O–H groups in total. The maximum absolute atomic E-state index is 13.3. The molecule has 0 aliphatic carbocycles. The van der Waals surface area contributed by atoms with E-state index in [2.05, 4.69) is 20.2 Å². The Bertz CT molecular complexity index is 1450. The van der Waals surface area contributed by atoms with E-state index in [1.165, 1.54) is 62.9 Å². The summed E-state index contributed by atoms with van der Waals surface area (Å²) in [5, 5.41) is 9.31. The minimum Gasteiger partial charge on any atom is -0.497 e. The molecule has 0 aliphatic heterocycles. The first-order chi connectivity index (χ1) is 16.8. The highest BCUT2D eigenvalue weighted by Crippen LogP contribution is 2.30. The molecule has 4 aromatic rings. The molecule has 9 nitrogen and oxygen atoms in total. The van der Waals surface area contributed by atoms with Gasteiger partial charge in [-0.3, -0.25) is 14.6 Å². The van der Waals surface area contributed by atoms with Crippen molar-refractivity contribution in [2.45, 2.75) is 4.90 Å². The predicted molar refractivity (Wildman–Crippen MR) is 129 cm³/mol. The lowest BCUT2D eigenvalue weighted by Crippen LogP contribution is -2.16. The summed E-state index contributed by atoms with van der Waals surface area (Å²) in [7, 11) is -1.21. The lowest BCUT2D eigenvalue weighted by atomic mass is 10.1. The number of carbonyl (C=O) groups is 1. The van der Waals surface area contributed by atoms with E-state index in [1.54, 1.807) is 24.3 Å². The zero-order valence-electron chi connectivity index (χ0n) is 18.7. The zero-order chi connectivity index (χ0) is 25.0. The third kappa shape index (κ3) is 5.25. The molecule has 35 heavy (non-hydrogen) atoms. The van der Waals surface area contributed by atoms with Crippen molar-refractivity contribution < 1.29 is 27.1 Å². The highest BCUT2D eigenvalue weighted by Gasteiger charge is 2.22. The molecule has 0 aliphatic rings. The number of H-pyrrole nitrogens is 1. The highest BCUT2D eigenvalue weighted by atomic mass is 32.2. The van der Waals surface area contributed by atoms with Crippen molar-refractivity contribution in [3.8, 4) is 22.8 Å². The van der Waals surface area contributed by atoms with Gasteiger partial charge in [-0.25, -0.2) is 12.8 Å². The van der Waals surface area contributed by atoms with Crippen LogP contribution in [0.4, 0.5) is 15.8 Å². The molecular formula is C24H21FN4O5S. The number of ether oxygens (including phenoxy) is 2. The summed E-state index contributed by atoms with van der Waals surface area (Å²) >= 11 is 0. The average Bonchev–Trinajstić information content (AvgIpc) is 3.35. The molecule has 0 bridgehead atoms. The molecule has 11 heteroatoms. The normalized spacial score (nSPS) is 11.1. The van der Waals surface area contributed by atoms with E-state index >= 15 is 0 Å². The number of nitrogens with zero attached hydrogens (tertiary/aromatic N) is 1. The number of hydrogen-bond donors (Lipinski definition) is 3. The lowest BCUT2D eigenvalue weighted by molar-refractivity contribution is 0.102. The van der Waals surface area contributed by atoms with Crippen molar-refractivity contribution in [1.29, 1.82) is 0 Å². The number of aromatic nitrogens is 2. The van der Waals surface area contributed by atoms with E-state index < -0.39 is 21.7 Å². The van der Waals surface area contributed by atoms with E-state index in [-0.39, 0.29) is 21.9 Å². The molecule has 0 fully saturated rings. The summed E-state index contributed by atoms with van der Waals surface area (Å²) in [5.41, 5.74) is 1.70. The van der Waals surface area contributed by atoms with Gasteiger partial charge < -0.3 is 14.8 Å². The second-order valence-electron chi connectivity index (χ2n) is 7.32. The smallest absolute Gasteiger partial charge is 0.265 e.